The van der Waals surface area contributed by atoms with Gasteiger partial charge in [0.05, 0.1) is 0 Å². The van der Waals surface area contributed by atoms with Crippen LogP contribution in [0.4, 0.5) is 0 Å². The summed E-state index contributed by atoms with van der Waals surface area (Å²) >= 11 is 3.63. The van der Waals surface area contributed by atoms with Gasteiger partial charge in [-0.3, -0.25) is 0 Å². The summed E-state index contributed by atoms with van der Waals surface area (Å²) in [5, 5.41) is 6.03. The summed E-state index contributed by atoms with van der Waals surface area (Å²) < 4.78 is 0.954. The van der Waals surface area contributed by atoms with Crippen LogP contribution in [0.2, 0.25) is 0 Å². The molecule has 0 aliphatic carbocycles. The minimum atomic E-state index is 0.954. The molecular formula is C3H6FeN2. The van der Waals surface area contributed by atoms with Crippen molar-refractivity contribution in [2.75, 3.05) is 13.1 Å². The molecule has 2 N–H and O–H groups in total. The van der Waals surface area contributed by atoms with Crippen LogP contribution in [0.1, 0.15) is 0 Å². The van der Waals surface area contributed by atoms with Crippen molar-refractivity contribution in [3.05, 3.63) is 0 Å². The molecule has 0 bridgehead atoms. The van der Waals surface area contributed by atoms with Crippen LogP contribution in [0.5, 0.6) is 0 Å². The first-order chi connectivity index (χ1) is 2.89. The SMILES string of the molecule is [Fe]=[C]1NCCN1. The average molecular weight is 126 g/mol. The van der Waals surface area contributed by atoms with E-state index in [-0.39, 0.29) is 0 Å². The molecule has 0 saturated carbocycles. The molecule has 1 rings (SSSR count). The minimum absolute atomic E-state index is 0.954. The Labute approximate surface area is 44.7 Å². The van der Waals surface area contributed by atoms with E-state index in [0.717, 1.165) is 17.8 Å². The Balaban J connectivity index is 2.37. The van der Waals surface area contributed by atoms with Gasteiger partial charge in [-0.2, -0.15) is 0 Å². The van der Waals surface area contributed by atoms with E-state index in [1.54, 1.807) is 0 Å². The topological polar surface area (TPSA) is 24.1 Å². The molecule has 0 aromatic rings. The number of rotatable bonds is 0. The average Bonchev–Trinajstić information content (AvgIpc) is 1.86. The maximum absolute atomic E-state index is 3.63. The van der Waals surface area contributed by atoms with Gasteiger partial charge in [0, 0.05) is 0 Å². The normalized spacial score (nSPS) is 22.5. The van der Waals surface area contributed by atoms with Gasteiger partial charge in [-0.05, 0) is 0 Å². The van der Waals surface area contributed by atoms with Crippen LogP contribution < -0.4 is 10.6 Å². The zero-order valence-electron chi connectivity index (χ0n) is 3.27. The molecular weight excluding hydrogens is 120 g/mol. The van der Waals surface area contributed by atoms with Crippen molar-refractivity contribution in [1.29, 1.82) is 0 Å². The van der Waals surface area contributed by atoms with Gasteiger partial charge in [-0.25, -0.2) is 0 Å². The zero-order chi connectivity index (χ0) is 4.41. The second-order valence-corrected chi connectivity index (χ2v) is 1.71. The van der Waals surface area contributed by atoms with E-state index in [1.165, 1.54) is 0 Å². The predicted molar refractivity (Wildman–Crippen MR) is 21.0 cm³/mol. The first-order valence-corrected chi connectivity index (χ1v) is 2.44. The van der Waals surface area contributed by atoms with Crippen LogP contribution in [-0.4, -0.2) is 17.8 Å². The second-order valence-electron chi connectivity index (χ2n) is 1.16. The Bertz CT molecular complexity index is 63.2. The summed E-state index contributed by atoms with van der Waals surface area (Å²) in [6.07, 6.45) is 0. The fraction of sp³-hybridized carbons (Fsp3) is 0.667. The monoisotopic (exact) mass is 126 g/mol. The van der Waals surface area contributed by atoms with Gasteiger partial charge in [0.15, 0.2) is 0 Å². The Hall–Kier alpha value is 0.309. The molecule has 0 spiro atoms. The summed E-state index contributed by atoms with van der Waals surface area (Å²) in [7, 11) is 0. The van der Waals surface area contributed by atoms with Crippen molar-refractivity contribution >= 4 is 4.67 Å². The molecule has 3 heteroatoms. The van der Waals surface area contributed by atoms with E-state index in [1.807, 2.05) is 0 Å². The summed E-state index contributed by atoms with van der Waals surface area (Å²) in [6.45, 7) is 2.05. The Morgan fingerprint density at radius 1 is 1.33 bits per heavy atom. The van der Waals surface area contributed by atoms with Crippen LogP contribution in [-0.2, 0) is 15.6 Å². The van der Waals surface area contributed by atoms with Crippen molar-refractivity contribution in [1.82, 2.24) is 10.6 Å². The van der Waals surface area contributed by atoms with Gasteiger partial charge in [-0.1, -0.05) is 0 Å². The molecule has 1 saturated heterocycles. The molecule has 0 atom stereocenters. The van der Waals surface area contributed by atoms with Crippen LogP contribution in [0.25, 0.3) is 0 Å². The van der Waals surface area contributed by atoms with Crippen molar-refractivity contribution in [3.63, 3.8) is 0 Å². The Morgan fingerprint density at radius 2 is 1.83 bits per heavy atom. The molecule has 0 amide bonds. The maximum atomic E-state index is 3.63. The van der Waals surface area contributed by atoms with Gasteiger partial charge in [-0.15, -0.1) is 0 Å². The Morgan fingerprint density at radius 3 is 2.00 bits per heavy atom. The molecule has 1 aliphatic rings. The summed E-state index contributed by atoms with van der Waals surface area (Å²) in [5.41, 5.74) is 0. The van der Waals surface area contributed by atoms with Crippen LogP contribution in [0.3, 0.4) is 0 Å². The summed E-state index contributed by atoms with van der Waals surface area (Å²) in [5.74, 6) is 0. The molecule has 36 valence electrons. The molecule has 6 heavy (non-hydrogen) atoms. The van der Waals surface area contributed by atoms with Gasteiger partial charge in [0.2, 0.25) is 0 Å². The molecule has 2 nitrogen and oxygen atoms in total. The van der Waals surface area contributed by atoms with Gasteiger partial charge in [0.1, 0.15) is 0 Å². The number of nitrogens with one attached hydrogen (secondary N) is 2. The van der Waals surface area contributed by atoms with Crippen LogP contribution in [0, 0.1) is 0 Å². The van der Waals surface area contributed by atoms with E-state index in [9.17, 15) is 0 Å². The fourth-order valence-corrected chi connectivity index (χ4v) is 0.677. The Kier molecular flexibility index (Phi) is 1.37. The zero-order valence-corrected chi connectivity index (χ0v) is 4.37. The third-order valence-corrected chi connectivity index (χ3v) is 1.07. The second kappa shape index (κ2) is 1.85. The van der Waals surface area contributed by atoms with Crippen LogP contribution in [0.15, 0.2) is 0 Å². The van der Waals surface area contributed by atoms with Gasteiger partial charge >= 0.3 is 44.0 Å². The van der Waals surface area contributed by atoms with E-state index in [2.05, 4.69) is 26.2 Å². The van der Waals surface area contributed by atoms with E-state index < -0.39 is 0 Å². The molecule has 1 heterocycles. The predicted octanol–water partition coefficient (Wildman–Crippen LogP) is -1.19. The van der Waals surface area contributed by atoms with E-state index in [0.29, 0.717) is 0 Å². The first-order valence-electron chi connectivity index (χ1n) is 1.88. The summed E-state index contributed by atoms with van der Waals surface area (Å²) in [6, 6.07) is 0. The molecule has 1 fully saturated rings. The fourth-order valence-electron chi connectivity index (χ4n) is 0.401. The van der Waals surface area contributed by atoms with Gasteiger partial charge in [0.25, 0.3) is 0 Å². The molecule has 0 aromatic heterocycles. The molecule has 0 radical (unpaired) electrons. The van der Waals surface area contributed by atoms with Crippen LogP contribution >= 0.6 is 0 Å². The molecule has 0 aromatic carbocycles. The summed E-state index contributed by atoms with van der Waals surface area (Å²) in [4.78, 5) is 0. The third kappa shape index (κ3) is 0.883. The standard InChI is InChI=1S/C3H6N2.Fe/c1-2-5-3-4-1;/h4-5H,1-2H2;. The van der Waals surface area contributed by atoms with Crippen molar-refractivity contribution in [2.24, 2.45) is 0 Å². The number of hydrogen-bond donors (Lipinski definition) is 2. The van der Waals surface area contributed by atoms with Crippen molar-refractivity contribution in [3.8, 4) is 0 Å². The van der Waals surface area contributed by atoms with Crippen molar-refractivity contribution < 1.29 is 15.6 Å². The first kappa shape index (κ1) is 4.47. The van der Waals surface area contributed by atoms with E-state index >= 15 is 0 Å². The quantitative estimate of drug-likeness (QED) is 0.399. The molecule has 0 unspecified atom stereocenters. The van der Waals surface area contributed by atoms with Gasteiger partial charge < -0.3 is 0 Å². The third-order valence-electron chi connectivity index (χ3n) is 0.677. The van der Waals surface area contributed by atoms with E-state index in [4.69, 9.17) is 0 Å². The molecule has 1 aliphatic heterocycles. The number of hydrogen-bond acceptors (Lipinski definition) is 2. The van der Waals surface area contributed by atoms with Crippen molar-refractivity contribution in [2.45, 2.75) is 0 Å².